The molecule has 0 saturated heterocycles. The molecule has 2 nitrogen and oxygen atoms in total. The van der Waals surface area contributed by atoms with Crippen molar-refractivity contribution in [3.8, 4) is 5.75 Å². The van der Waals surface area contributed by atoms with Crippen LogP contribution in [0.5, 0.6) is 5.75 Å². The molecule has 1 saturated carbocycles. The maximum Gasteiger partial charge on any atom is 0.119 e. The van der Waals surface area contributed by atoms with E-state index in [1.54, 1.807) is 7.11 Å². The molecule has 0 spiro atoms. The molecule has 0 bridgehead atoms. The van der Waals surface area contributed by atoms with Gasteiger partial charge in [0.1, 0.15) is 5.75 Å². The van der Waals surface area contributed by atoms with Crippen molar-refractivity contribution in [2.24, 2.45) is 0 Å². The van der Waals surface area contributed by atoms with Gasteiger partial charge in [0, 0.05) is 19.3 Å². The molecule has 14 heavy (non-hydrogen) atoms. The highest BCUT2D eigenvalue weighted by Gasteiger charge is 2.43. The fourth-order valence-corrected chi connectivity index (χ4v) is 1.80. The molecule has 0 unspecified atom stereocenters. The average molecular weight is 191 g/mol. The zero-order valence-corrected chi connectivity index (χ0v) is 8.62. The highest BCUT2D eigenvalue weighted by atomic mass is 16.5. The Bertz CT molecular complexity index is 318. The van der Waals surface area contributed by atoms with Gasteiger partial charge in [0.2, 0.25) is 0 Å². The summed E-state index contributed by atoms with van der Waals surface area (Å²) in [5.41, 5.74) is 1.74. The van der Waals surface area contributed by atoms with Gasteiger partial charge in [-0.15, -0.1) is 0 Å². The lowest BCUT2D eigenvalue weighted by atomic mass is 10.0. The Kier molecular flexibility index (Phi) is 2.46. The minimum absolute atomic E-state index is 0.395. The summed E-state index contributed by atoms with van der Waals surface area (Å²) in [6, 6.07) is 8.31. The molecule has 76 valence electrons. The standard InChI is InChI=1S/C12H17NO/c1-13-12(6-7-12)9-10-4-3-5-11(8-10)14-2/h3-5,8H,1,6-7,9,13H2,2H3. The van der Waals surface area contributed by atoms with Crippen LogP contribution in [0.25, 0.3) is 0 Å². The van der Waals surface area contributed by atoms with Crippen LogP contribution >= 0.6 is 0 Å². The van der Waals surface area contributed by atoms with E-state index in [9.17, 15) is 0 Å². The number of rotatable bonds is 4. The topological polar surface area (TPSA) is 25.8 Å². The van der Waals surface area contributed by atoms with Crippen molar-refractivity contribution in [3.63, 3.8) is 0 Å². The summed E-state index contributed by atoms with van der Waals surface area (Å²) in [4.78, 5) is 0. The van der Waals surface area contributed by atoms with E-state index in [0.29, 0.717) is 5.54 Å². The second kappa shape index (κ2) is 3.62. The van der Waals surface area contributed by atoms with Crippen molar-refractivity contribution < 1.29 is 10.1 Å². The van der Waals surface area contributed by atoms with Crippen molar-refractivity contribution >= 4 is 0 Å². The molecule has 0 radical (unpaired) electrons. The molecular formula is C12H17NO. The first-order valence-corrected chi connectivity index (χ1v) is 5.04. The molecule has 1 aliphatic carbocycles. The van der Waals surface area contributed by atoms with Gasteiger partial charge in [-0.05, 0) is 17.7 Å². The Labute approximate surface area is 85.3 Å². The van der Waals surface area contributed by atoms with E-state index in [4.69, 9.17) is 4.74 Å². The predicted molar refractivity (Wildman–Crippen MR) is 55.9 cm³/mol. The molecule has 0 aliphatic heterocycles. The number of quaternary nitrogens is 1. The van der Waals surface area contributed by atoms with Gasteiger partial charge in [0.25, 0.3) is 0 Å². The Morgan fingerprint density at radius 3 is 2.86 bits per heavy atom. The van der Waals surface area contributed by atoms with E-state index in [1.807, 2.05) is 12.1 Å². The molecule has 2 heteroatoms. The normalized spacial score (nSPS) is 17.9. The zero-order chi connectivity index (χ0) is 10.0. The van der Waals surface area contributed by atoms with Gasteiger partial charge in [0.05, 0.1) is 12.6 Å². The molecule has 1 aliphatic rings. The Balaban J connectivity index is 2.09. The first kappa shape index (κ1) is 9.53. The second-order valence-corrected chi connectivity index (χ2v) is 4.09. The third-order valence-corrected chi connectivity index (χ3v) is 3.02. The van der Waals surface area contributed by atoms with Crippen LogP contribution in [0.3, 0.4) is 0 Å². The maximum absolute atomic E-state index is 5.20. The fraction of sp³-hybridized carbons (Fsp3) is 0.417. The van der Waals surface area contributed by atoms with E-state index in [-0.39, 0.29) is 0 Å². The summed E-state index contributed by atoms with van der Waals surface area (Å²) in [7, 11) is 5.61. The van der Waals surface area contributed by atoms with Gasteiger partial charge in [-0.25, -0.2) is 0 Å². The van der Waals surface area contributed by atoms with E-state index in [2.05, 4.69) is 24.5 Å². The SMILES string of the molecule is [CH2-][NH2+]C1(Cc2cccc(OC)c2)CC1. The third-order valence-electron chi connectivity index (χ3n) is 3.02. The van der Waals surface area contributed by atoms with Crippen LogP contribution < -0.4 is 10.1 Å². The van der Waals surface area contributed by atoms with Gasteiger partial charge >= 0.3 is 0 Å². The lowest BCUT2D eigenvalue weighted by Crippen LogP contribution is -2.86. The van der Waals surface area contributed by atoms with Crippen LogP contribution in [-0.4, -0.2) is 12.6 Å². The molecule has 2 rings (SSSR count). The van der Waals surface area contributed by atoms with Gasteiger partial charge in [-0.3, -0.25) is 0 Å². The van der Waals surface area contributed by atoms with E-state index in [0.717, 1.165) is 12.2 Å². The van der Waals surface area contributed by atoms with E-state index < -0.39 is 0 Å². The number of ether oxygens (including phenoxy) is 1. The summed E-state index contributed by atoms with van der Waals surface area (Å²) in [6.45, 7) is 0. The second-order valence-electron chi connectivity index (χ2n) is 4.09. The number of hydrogen-bond acceptors (Lipinski definition) is 1. The van der Waals surface area contributed by atoms with E-state index >= 15 is 0 Å². The van der Waals surface area contributed by atoms with Crippen molar-refractivity contribution in [1.29, 1.82) is 0 Å². The first-order chi connectivity index (χ1) is 6.78. The molecule has 1 fully saturated rings. The number of benzene rings is 1. The summed E-state index contributed by atoms with van der Waals surface area (Å²) in [6.07, 6.45) is 3.68. The number of methoxy groups -OCH3 is 1. The van der Waals surface area contributed by atoms with Crippen molar-refractivity contribution in [2.75, 3.05) is 7.11 Å². The monoisotopic (exact) mass is 191 g/mol. The van der Waals surface area contributed by atoms with Crippen LogP contribution in [0.15, 0.2) is 24.3 Å². The highest BCUT2D eigenvalue weighted by Crippen LogP contribution is 2.34. The average Bonchev–Trinajstić information content (AvgIpc) is 2.99. The molecule has 0 aromatic heterocycles. The highest BCUT2D eigenvalue weighted by molar-refractivity contribution is 5.30. The molecular weight excluding hydrogens is 174 g/mol. The smallest absolute Gasteiger partial charge is 0.119 e. The van der Waals surface area contributed by atoms with E-state index in [1.165, 1.54) is 18.4 Å². The summed E-state index contributed by atoms with van der Waals surface area (Å²) in [5, 5.41) is 2.10. The molecule has 2 N–H and O–H groups in total. The van der Waals surface area contributed by atoms with Crippen LogP contribution in [0.2, 0.25) is 0 Å². The van der Waals surface area contributed by atoms with Crippen LogP contribution in [-0.2, 0) is 6.42 Å². The maximum atomic E-state index is 5.20. The predicted octanol–water partition coefficient (Wildman–Crippen LogP) is 1.13. The van der Waals surface area contributed by atoms with Gasteiger partial charge < -0.3 is 10.1 Å². The number of hydrogen-bond donors (Lipinski definition) is 1. The number of nitrogens with two attached hydrogens (primary N) is 1. The van der Waals surface area contributed by atoms with Crippen molar-refractivity contribution in [2.45, 2.75) is 24.8 Å². The van der Waals surface area contributed by atoms with Gasteiger partial charge in [-0.1, -0.05) is 12.1 Å². The van der Waals surface area contributed by atoms with Gasteiger partial charge in [-0.2, -0.15) is 7.05 Å². The minimum atomic E-state index is 0.395. The molecule has 1 aromatic rings. The Morgan fingerprint density at radius 2 is 2.29 bits per heavy atom. The third kappa shape index (κ3) is 1.90. The zero-order valence-electron chi connectivity index (χ0n) is 8.62. The molecule has 0 amide bonds. The van der Waals surface area contributed by atoms with Crippen LogP contribution in [0.1, 0.15) is 18.4 Å². The van der Waals surface area contributed by atoms with Gasteiger partial charge in [0.15, 0.2) is 0 Å². The Hall–Kier alpha value is -1.02. The Morgan fingerprint density at radius 1 is 1.50 bits per heavy atom. The molecule has 1 aromatic carbocycles. The summed E-state index contributed by atoms with van der Waals surface area (Å²) in [5.74, 6) is 0.947. The lowest BCUT2D eigenvalue weighted by molar-refractivity contribution is -0.648. The largest absolute Gasteiger partial charge is 0.497 e. The molecule has 0 atom stereocenters. The lowest BCUT2D eigenvalue weighted by Gasteiger charge is -2.15. The first-order valence-electron chi connectivity index (χ1n) is 5.04. The van der Waals surface area contributed by atoms with Crippen molar-refractivity contribution in [3.05, 3.63) is 36.9 Å². The van der Waals surface area contributed by atoms with Crippen LogP contribution in [0.4, 0.5) is 0 Å². The van der Waals surface area contributed by atoms with Crippen molar-refractivity contribution in [1.82, 2.24) is 0 Å². The van der Waals surface area contributed by atoms with Crippen LogP contribution in [0, 0.1) is 7.05 Å². The quantitative estimate of drug-likeness (QED) is 0.709. The molecule has 0 heterocycles. The summed E-state index contributed by atoms with van der Waals surface area (Å²) >= 11 is 0. The fourth-order valence-electron chi connectivity index (χ4n) is 1.80. The minimum Gasteiger partial charge on any atom is -0.497 e. The summed E-state index contributed by atoms with van der Waals surface area (Å²) < 4.78 is 5.20.